The molecule has 0 heterocycles. The van der Waals surface area contributed by atoms with Gasteiger partial charge in [-0.05, 0) is 20.4 Å². The molecular weight excluding hydrogens is 202 g/mol. The number of nitrogens with zero attached hydrogens (tertiary/aromatic N) is 3. The van der Waals surface area contributed by atoms with E-state index in [1.54, 1.807) is 11.9 Å². The van der Waals surface area contributed by atoms with Crippen molar-refractivity contribution in [2.24, 2.45) is 0 Å². The van der Waals surface area contributed by atoms with E-state index in [9.17, 15) is 4.79 Å². The molecule has 1 amide bonds. The van der Waals surface area contributed by atoms with Crippen molar-refractivity contribution in [3.63, 3.8) is 0 Å². The van der Waals surface area contributed by atoms with Crippen molar-refractivity contribution >= 4 is 5.91 Å². The highest BCUT2D eigenvalue weighted by atomic mass is 16.2. The van der Waals surface area contributed by atoms with Crippen LogP contribution in [0.15, 0.2) is 0 Å². The largest absolute Gasteiger partial charge is 0.345 e. The minimum absolute atomic E-state index is 0.120. The molecule has 0 fully saturated rings. The zero-order valence-corrected chi connectivity index (χ0v) is 10.9. The molecule has 0 saturated heterocycles. The third-order valence-corrected chi connectivity index (χ3v) is 2.73. The van der Waals surface area contributed by atoms with Gasteiger partial charge in [-0.2, -0.15) is 5.26 Å². The average Bonchev–Trinajstić information content (AvgIpc) is 2.25. The minimum Gasteiger partial charge on any atom is -0.345 e. The molecule has 0 aromatic carbocycles. The summed E-state index contributed by atoms with van der Waals surface area (Å²) in [6.07, 6.45) is 0.942. The second-order valence-corrected chi connectivity index (χ2v) is 4.20. The highest BCUT2D eigenvalue weighted by Crippen LogP contribution is 2.01. The summed E-state index contributed by atoms with van der Waals surface area (Å²) in [5, 5.41) is 8.43. The van der Waals surface area contributed by atoms with Gasteiger partial charge >= 0.3 is 0 Å². The summed E-state index contributed by atoms with van der Waals surface area (Å²) in [6, 6.07) is 2.52. The summed E-state index contributed by atoms with van der Waals surface area (Å²) in [7, 11) is 1.76. The Morgan fingerprint density at radius 2 is 2.00 bits per heavy atom. The Morgan fingerprint density at radius 1 is 1.38 bits per heavy atom. The van der Waals surface area contributed by atoms with Crippen molar-refractivity contribution in [2.75, 3.05) is 26.7 Å². The van der Waals surface area contributed by atoms with Gasteiger partial charge in [0.05, 0.1) is 12.5 Å². The van der Waals surface area contributed by atoms with E-state index in [0.717, 1.165) is 13.1 Å². The number of carbonyl (C=O) groups is 1. The molecular formula is C12H23N3O. The van der Waals surface area contributed by atoms with Crippen LogP contribution in [0.1, 0.15) is 33.6 Å². The first-order valence-electron chi connectivity index (χ1n) is 5.87. The smallest absolute Gasteiger partial charge is 0.223 e. The molecule has 4 heteroatoms. The van der Waals surface area contributed by atoms with Gasteiger partial charge in [-0.15, -0.1) is 0 Å². The number of rotatable bonds is 7. The van der Waals surface area contributed by atoms with Crippen LogP contribution in [0.25, 0.3) is 0 Å². The number of nitriles is 1. The van der Waals surface area contributed by atoms with Crippen molar-refractivity contribution in [1.82, 2.24) is 9.80 Å². The van der Waals surface area contributed by atoms with Crippen molar-refractivity contribution in [3.8, 4) is 6.07 Å². The summed E-state index contributed by atoms with van der Waals surface area (Å²) in [6.45, 7) is 8.66. The molecule has 0 spiro atoms. The molecule has 0 aliphatic carbocycles. The Bertz CT molecular complexity index is 245. The van der Waals surface area contributed by atoms with Crippen LogP contribution in [0, 0.1) is 11.3 Å². The Kier molecular flexibility index (Phi) is 7.57. The first kappa shape index (κ1) is 14.9. The molecule has 0 rings (SSSR count). The molecule has 0 N–H and O–H groups in total. The van der Waals surface area contributed by atoms with Crippen LogP contribution in [-0.2, 0) is 4.79 Å². The summed E-state index contributed by atoms with van der Waals surface area (Å²) in [5.41, 5.74) is 0. The lowest BCUT2D eigenvalue weighted by Crippen LogP contribution is -2.36. The topological polar surface area (TPSA) is 47.3 Å². The predicted molar refractivity (Wildman–Crippen MR) is 64.9 cm³/mol. The molecule has 0 bridgehead atoms. The number of hydrogen-bond donors (Lipinski definition) is 0. The third kappa shape index (κ3) is 5.72. The minimum atomic E-state index is 0.120. The van der Waals surface area contributed by atoms with E-state index in [0.29, 0.717) is 25.4 Å². The highest BCUT2D eigenvalue weighted by Gasteiger charge is 2.12. The van der Waals surface area contributed by atoms with E-state index in [-0.39, 0.29) is 5.91 Å². The van der Waals surface area contributed by atoms with Gasteiger partial charge in [0.15, 0.2) is 0 Å². The summed E-state index contributed by atoms with van der Waals surface area (Å²) >= 11 is 0. The first-order valence-corrected chi connectivity index (χ1v) is 5.87. The van der Waals surface area contributed by atoms with Crippen molar-refractivity contribution in [1.29, 1.82) is 5.26 Å². The summed E-state index contributed by atoms with van der Waals surface area (Å²) < 4.78 is 0. The van der Waals surface area contributed by atoms with Crippen LogP contribution in [0.5, 0.6) is 0 Å². The lowest BCUT2D eigenvalue weighted by atomic mass is 10.2. The zero-order valence-electron chi connectivity index (χ0n) is 10.9. The van der Waals surface area contributed by atoms with Crippen LogP contribution in [-0.4, -0.2) is 48.4 Å². The maximum absolute atomic E-state index is 11.7. The summed E-state index contributed by atoms with van der Waals surface area (Å²) in [4.78, 5) is 15.6. The number of amides is 1. The first-order chi connectivity index (χ1) is 7.52. The molecule has 0 aliphatic heterocycles. The molecule has 0 saturated carbocycles. The van der Waals surface area contributed by atoms with Gasteiger partial charge in [-0.3, -0.25) is 4.79 Å². The monoisotopic (exact) mass is 225 g/mol. The Morgan fingerprint density at radius 3 is 2.44 bits per heavy atom. The third-order valence-electron chi connectivity index (χ3n) is 2.73. The maximum Gasteiger partial charge on any atom is 0.223 e. The van der Waals surface area contributed by atoms with E-state index in [4.69, 9.17) is 5.26 Å². The van der Waals surface area contributed by atoms with Gasteiger partial charge in [-0.1, -0.05) is 6.92 Å². The van der Waals surface area contributed by atoms with Gasteiger partial charge in [-0.25, -0.2) is 0 Å². The SMILES string of the molecule is CCN(CCC(=O)N(C)CCC#N)C(C)C. The van der Waals surface area contributed by atoms with E-state index in [1.807, 2.05) is 6.07 Å². The van der Waals surface area contributed by atoms with Gasteiger partial charge in [0.2, 0.25) is 5.91 Å². The fraction of sp³-hybridized carbons (Fsp3) is 0.833. The van der Waals surface area contributed by atoms with Crippen LogP contribution < -0.4 is 0 Å². The van der Waals surface area contributed by atoms with Crippen LogP contribution in [0.3, 0.4) is 0 Å². The van der Waals surface area contributed by atoms with E-state index in [2.05, 4.69) is 25.7 Å². The standard InChI is InChI=1S/C12H23N3O/c1-5-15(11(2)3)10-7-12(16)14(4)9-6-8-13/h11H,5-7,9-10H2,1-4H3. The van der Waals surface area contributed by atoms with Crippen molar-refractivity contribution < 1.29 is 4.79 Å². The number of hydrogen-bond acceptors (Lipinski definition) is 3. The maximum atomic E-state index is 11.7. The Balaban J connectivity index is 3.92. The lowest BCUT2D eigenvalue weighted by Gasteiger charge is -2.25. The van der Waals surface area contributed by atoms with Gasteiger partial charge in [0.25, 0.3) is 0 Å². The molecule has 0 aliphatic rings. The second-order valence-electron chi connectivity index (χ2n) is 4.20. The van der Waals surface area contributed by atoms with E-state index < -0.39 is 0 Å². The lowest BCUT2D eigenvalue weighted by molar-refractivity contribution is -0.130. The van der Waals surface area contributed by atoms with Gasteiger partial charge < -0.3 is 9.80 Å². The van der Waals surface area contributed by atoms with Crippen molar-refractivity contribution in [2.45, 2.75) is 39.7 Å². The molecule has 0 aromatic heterocycles. The van der Waals surface area contributed by atoms with Crippen LogP contribution in [0.4, 0.5) is 0 Å². The molecule has 16 heavy (non-hydrogen) atoms. The Hall–Kier alpha value is -1.08. The predicted octanol–water partition coefficient (Wildman–Crippen LogP) is 1.48. The van der Waals surface area contributed by atoms with Gasteiger partial charge in [0, 0.05) is 32.6 Å². The van der Waals surface area contributed by atoms with E-state index in [1.165, 1.54) is 0 Å². The molecule has 0 atom stereocenters. The Labute approximate surface area is 98.8 Å². The van der Waals surface area contributed by atoms with Gasteiger partial charge in [0.1, 0.15) is 0 Å². The quantitative estimate of drug-likeness (QED) is 0.659. The average molecular weight is 225 g/mol. The molecule has 0 aromatic rings. The van der Waals surface area contributed by atoms with Crippen LogP contribution in [0.2, 0.25) is 0 Å². The molecule has 4 nitrogen and oxygen atoms in total. The number of carbonyl (C=O) groups excluding carboxylic acids is 1. The second kappa shape index (κ2) is 8.12. The molecule has 0 unspecified atom stereocenters. The van der Waals surface area contributed by atoms with E-state index >= 15 is 0 Å². The van der Waals surface area contributed by atoms with Crippen molar-refractivity contribution in [3.05, 3.63) is 0 Å². The normalized spacial score (nSPS) is 10.6. The zero-order chi connectivity index (χ0) is 12.6. The highest BCUT2D eigenvalue weighted by molar-refractivity contribution is 5.76. The molecule has 0 radical (unpaired) electrons. The fourth-order valence-corrected chi connectivity index (χ4v) is 1.55. The fourth-order valence-electron chi connectivity index (χ4n) is 1.55. The summed E-state index contributed by atoms with van der Waals surface area (Å²) in [5.74, 6) is 0.120. The molecule has 92 valence electrons. The van der Waals surface area contributed by atoms with Crippen LogP contribution >= 0.6 is 0 Å².